The Bertz CT molecular complexity index is 296. The molecule has 0 amide bonds. The molecule has 1 heterocycles. The largest absolute Gasteiger partial charge is 0.337 e. The number of quaternary nitrogens is 1. The minimum Gasteiger partial charge on any atom is -0.337 e. The first-order chi connectivity index (χ1) is 5.70. The van der Waals surface area contributed by atoms with E-state index in [0.717, 1.165) is 5.56 Å². The lowest BCUT2D eigenvalue weighted by Crippen LogP contribution is -2.87. The van der Waals surface area contributed by atoms with Gasteiger partial charge < -0.3 is 5.32 Å². The van der Waals surface area contributed by atoms with E-state index in [4.69, 9.17) is 0 Å². The second-order valence-electron chi connectivity index (χ2n) is 3.06. The number of hydrogen-bond donors (Lipinski definition) is 1. The van der Waals surface area contributed by atoms with E-state index in [9.17, 15) is 8.78 Å². The fraction of sp³-hybridized carbons (Fsp3) is 0.333. The first kappa shape index (κ1) is 7.68. The lowest BCUT2D eigenvalue weighted by molar-refractivity contribution is -0.691. The number of halogens is 2. The van der Waals surface area contributed by atoms with E-state index in [1.54, 1.807) is 23.5 Å². The van der Waals surface area contributed by atoms with Gasteiger partial charge in [0.2, 0.25) is 0 Å². The van der Waals surface area contributed by atoms with Gasteiger partial charge >= 0.3 is 5.92 Å². The molecule has 0 spiro atoms. The highest BCUT2D eigenvalue weighted by Gasteiger charge is 2.38. The van der Waals surface area contributed by atoms with Crippen molar-refractivity contribution in [2.75, 3.05) is 6.54 Å². The Morgan fingerprint density at radius 3 is 2.75 bits per heavy atom. The second kappa shape index (κ2) is 2.52. The molecule has 1 aromatic carbocycles. The van der Waals surface area contributed by atoms with Crippen molar-refractivity contribution in [2.24, 2.45) is 0 Å². The van der Waals surface area contributed by atoms with E-state index in [1.807, 2.05) is 0 Å². The van der Waals surface area contributed by atoms with Crippen LogP contribution in [-0.4, -0.2) is 6.54 Å². The first-order valence-corrected chi connectivity index (χ1v) is 3.98. The fourth-order valence-electron chi connectivity index (χ4n) is 1.57. The Morgan fingerprint density at radius 2 is 2.00 bits per heavy atom. The minimum atomic E-state index is -2.64. The summed E-state index contributed by atoms with van der Waals surface area (Å²) in [4.78, 5) is 0. The van der Waals surface area contributed by atoms with Crippen LogP contribution in [0.3, 0.4) is 0 Å². The molecule has 0 saturated heterocycles. The summed E-state index contributed by atoms with van der Waals surface area (Å²) < 4.78 is 26.3. The summed E-state index contributed by atoms with van der Waals surface area (Å²) in [5.74, 6) is -2.64. The highest BCUT2D eigenvalue weighted by atomic mass is 19.3. The Labute approximate surface area is 69.4 Å². The third-order valence-corrected chi connectivity index (χ3v) is 2.18. The zero-order valence-corrected chi connectivity index (χ0v) is 6.56. The molecule has 0 fully saturated rings. The fourth-order valence-corrected chi connectivity index (χ4v) is 1.57. The predicted molar refractivity (Wildman–Crippen MR) is 40.8 cm³/mol. The van der Waals surface area contributed by atoms with Gasteiger partial charge in [-0.1, -0.05) is 24.3 Å². The normalized spacial score (nSPS) is 20.2. The Hall–Kier alpha value is -0.960. The van der Waals surface area contributed by atoms with Crippen LogP contribution in [0.4, 0.5) is 8.78 Å². The molecule has 1 aromatic rings. The topological polar surface area (TPSA) is 16.6 Å². The van der Waals surface area contributed by atoms with Gasteiger partial charge in [0.25, 0.3) is 0 Å². The van der Waals surface area contributed by atoms with Crippen molar-refractivity contribution in [3.05, 3.63) is 35.4 Å². The molecular formula is C9H10F2N+. The molecule has 1 nitrogen and oxygen atoms in total. The van der Waals surface area contributed by atoms with Gasteiger partial charge in [-0.05, 0) is 0 Å². The number of alkyl halides is 2. The second-order valence-corrected chi connectivity index (χ2v) is 3.06. The molecule has 0 radical (unpaired) electrons. The van der Waals surface area contributed by atoms with Gasteiger partial charge in [0.1, 0.15) is 13.1 Å². The third kappa shape index (κ3) is 1.10. The SMILES string of the molecule is FC1(F)C[NH2+]Cc2ccccc21. The van der Waals surface area contributed by atoms with Gasteiger partial charge in [0, 0.05) is 11.1 Å². The van der Waals surface area contributed by atoms with Gasteiger partial charge in [-0.15, -0.1) is 0 Å². The molecule has 64 valence electrons. The molecule has 1 aliphatic rings. The molecule has 3 heteroatoms. The summed E-state index contributed by atoms with van der Waals surface area (Å²) in [6, 6.07) is 6.74. The van der Waals surface area contributed by atoms with Crippen molar-refractivity contribution in [3.63, 3.8) is 0 Å². The summed E-state index contributed by atoms with van der Waals surface area (Å²) in [6.07, 6.45) is 0. The van der Waals surface area contributed by atoms with E-state index in [-0.39, 0.29) is 12.1 Å². The summed E-state index contributed by atoms with van der Waals surface area (Å²) in [7, 11) is 0. The molecule has 2 rings (SSSR count). The molecule has 12 heavy (non-hydrogen) atoms. The summed E-state index contributed by atoms with van der Waals surface area (Å²) in [6.45, 7) is 0.551. The van der Waals surface area contributed by atoms with Crippen molar-refractivity contribution < 1.29 is 14.1 Å². The van der Waals surface area contributed by atoms with Crippen LogP contribution in [0.25, 0.3) is 0 Å². The lowest BCUT2D eigenvalue weighted by atomic mass is 9.98. The molecule has 0 bridgehead atoms. The van der Waals surface area contributed by atoms with E-state index in [2.05, 4.69) is 0 Å². The van der Waals surface area contributed by atoms with Crippen molar-refractivity contribution in [2.45, 2.75) is 12.5 Å². The molecule has 0 saturated carbocycles. The van der Waals surface area contributed by atoms with E-state index >= 15 is 0 Å². The Morgan fingerprint density at radius 1 is 1.25 bits per heavy atom. The monoisotopic (exact) mass is 170 g/mol. The zero-order chi connectivity index (χ0) is 8.60. The zero-order valence-electron chi connectivity index (χ0n) is 6.56. The quantitative estimate of drug-likeness (QED) is 0.594. The highest BCUT2D eigenvalue weighted by Crippen LogP contribution is 2.30. The summed E-state index contributed by atoms with van der Waals surface area (Å²) in [5.41, 5.74) is 0.959. The highest BCUT2D eigenvalue weighted by molar-refractivity contribution is 5.31. The van der Waals surface area contributed by atoms with Gasteiger partial charge in [-0.2, -0.15) is 8.78 Å². The van der Waals surface area contributed by atoms with Gasteiger partial charge in [-0.25, -0.2) is 0 Å². The third-order valence-electron chi connectivity index (χ3n) is 2.18. The van der Waals surface area contributed by atoms with E-state index in [0.29, 0.717) is 6.54 Å². The van der Waals surface area contributed by atoms with Crippen LogP contribution in [0.5, 0.6) is 0 Å². The summed E-state index contributed by atoms with van der Waals surface area (Å²) >= 11 is 0. The standard InChI is InChI=1S/C9H9F2N/c10-9(11)6-12-5-7-3-1-2-4-8(7)9/h1-4,12H,5-6H2/p+1. The van der Waals surface area contributed by atoms with Crippen molar-refractivity contribution >= 4 is 0 Å². The Balaban J connectivity index is 2.52. The minimum absolute atomic E-state index is 0.121. The lowest BCUT2D eigenvalue weighted by Gasteiger charge is -2.22. The van der Waals surface area contributed by atoms with Crippen LogP contribution in [0.1, 0.15) is 11.1 Å². The average molecular weight is 170 g/mol. The molecule has 1 aliphatic heterocycles. The van der Waals surface area contributed by atoms with Crippen LogP contribution < -0.4 is 5.32 Å². The average Bonchev–Trinajstić information content (AvgIpc) is 2.04. The van der Waals surface area contributed by atoms with Gasteiger partial charge in [0.15, 0.2) is 0 Å². The van der Waals surface area contributed by atoms with Crippen molar-refractivity contribution in [1.29, 1.82) is 0 Å². The van der Waals surface area contributed by atoms with Gasteiger partial charge in [0.05, 0.1) is 0 Å². The number of fused-ring (bicyclic) bond motifs is 1. The molecule has 0 aliphatic carbocycles. The van der Waals surface area contributed by atoms with Gasteiger partial charge in [-0.3, -0.25) is 0 Å². The molecular weight excluding hydrogens is 160 g/mol. The molecule has 0 unspecified atom stereocenters. The number of rotatable bonds is 0. The van der Waals surface area contributed by atoms with E-state index in [1.165, 1.54) is 6.07 Å². The number of hydrogen-bond acceptors (Lipinski definition) is 0. The number of benzene rings is 1. The smallest absolute Gasteiger partial charge is 0.321 e. The first-order valence-electron chi connectivity index (χ1n) is 3.98. The predicted octanol–water partition coefficient (Wildman–Crippen LogP) is 0.855. The number of nitrogens with two attached hydrogens (primary N) is 1. The van der Waals surface area contributed by atoms with Crippen LogP contribution in [0.15, 0.2) is 24.3 Å². The van der Waals surface area contributed by atoms with E-state index < -0.39 is 5.92 Å². The maximum absolute atomic E-state index is 13.2. The van der Waals surface area contributed by atoms with Crippen LogP contribution in [-0.2, 0) is 12.5 Å². The molecule has 0 aromatic heterocycles. The van der Waals surface area contributed by atoms with Crippen LogP contribution in [0, 0.1) is 0 Å². The van der Waals surface area contributed by atoms with Crippen molar-refractivity contribution in [3.8, 4) is 0 Å². The Kier molecular flexibility index (Phi) is 1.61. The van der Waals surface area contributed by atoms with Crippen molar-refractivity contribution in [1.82, 2.24) is 0 Å². The maximum Gasteiger partial charge on any atom is 0.321 e. The molecule has 0 atom stereocenters. The van der Waals surface area contributed by atoms with Crippen LogP contribution >= 0.6 is 0 Å². The summed E-state index contributed by atoms with van der Waals surface area (Å²) in [5, 5.41) is 1.64. The maximum atomic E-state index is 13.2. The van der Waals surface area contributed by atoms with Crippen LogP contribution in [0.2, 0.25) is 0 Å². The molecule has 2 N–H and O–H groups in total.